The Bertz CT molecular complexity index is 750. The molecule has 1 saturated heterocycles. The summed E-state index contributed by atoms with van der Waals surface area (Å²) < 4.78 is 5.96. The summed E-state index contributed by atoms with van der Waals surface area (Å²) in [7, 11) is 0. The molecular weight excluding hydrogens is 375 g/mol. The zero-order chi connectivity index (χ0) is 14.8. The fourth-order valence-electron chi connectivity index (χ4n) is 3.71. The van der Waals surface area contributed by atoms with Gasteiger partial charge in [0.1, 0.15) is 6.10 Å². The van der Waals surface area contributed by atoms with Crippen molar-refractivity contribution in [3.05, 3.63) is 47.5 Å². The fraction of sp³-hybridized carbons (Fsp3) is 0.389. The lowest BCUT2D eigenvalue weighted by Gasteiger charge is -2.34. The molecule has 0 amide bonds. The minimum atomic E-state index is -0.378. The Morgan fingerprint density at radius 1 is 1.19 bits per heavy atom. The van der Waals surface area contributed by atoms with E-state index in [4.69, 9.17) is 4.74 Å². The Hall–Kier alpha value is -1.10. The lowest BCUT2D eigenvalue weighted by Crippen LogP contribution is -2.35. The summed E-state index contributed by atoms with van der Waals surface area (Å²) in [5, 5.41) is 2.54. The van der Waals surface area contributed by atoms with Crippen molar-refractivity contribution >= 4 is 39.3 Å². The van der Waals surface area contributed by atoms with Crippen molar-refractivity contribution in [1.82, 2.24) is 0 Å². The second kappa shape index (κ2) is 4.45. The number of carbonyl (C=O) groups is 1. The van der Waals surface area contributed by atoms with E-state index in [2.05, 4.69) is 59.0 Å². The highest BCUT2D eigenvalue weighted by molar-refractivity contribution is 14.1. The van der Waals surface area contributed by atoms with Crippen LogP contribution in [0.2, 0.25) is 0 Å². The lowest BCUT2D eigenvalue weighted by atomic mass is 9.70. The van der Waals surface area contributed by atoms with Gasteiger partial charge in [-0.25, -0.2) is 0 Å². The zero-order valence-corrected chi connectivity index (χ0v) is 14.3. The standard InChI is InChI=1S/C18H17IO2/c1-18(2)14-9-12-7-10-5-3-4-6-11(10)8-13(12)15(19)16(14)21-17(18)20/h3-8,14-16H,9H2,1-2H3/t14-,15-,16-/m0/s1. The van der Waals surface area contributed by atoms with E-state index in [-0.39, 0.29) is 27.3 Å². The highest BCUT2D eigenvalue weighted by atomic mass is 127. The largest absolute Gasteiger partial charge is 0.460 e. The number of ether oxygens (including phenoxy) is 1. The van der Waals surface area contributed by atoms with Crippen LogP contribution in [-0.4, -0.2) is 12.1 Å². The van der Waals surface area contributed by atoms with E-state index < -0.39 is 0 Å². The predicted octanol–water partition coefficient (Wildman–Crippen LogP) is 4.44. The molecule has 108 valence electrons. The molecule has 1 aliphatic carbocycles. The maximum Gasteiger partial charge on any atom is 0.312 e. The van der Waals surface area contributed by atoms with Gasteiger partial charge in [-0.2, -0.15) is 0 Å². The second-order valence-corrected chi connectivity index (χ2v) is 8.04. The van der Waals surface area contributed by atoms with Crippen LogP contribution in [0.15, 0.2) is 36.4 Å². The van der Waals surface area contributed by atoms with Gasteiger partial charge in [0.15, 0.2) is 0 Å². The summed E-state index contributed by atoms with van der Waals surface area (Å²) in [5.41, 5.74) is 2.33. The Balaban J connectivity index is 1.88. The van der Waals surface area contributed by atoms with Crippen LogP contribution >= 0.6 is 22.6 Å². The van der Waals surface area contributed by atoms with Crippen molar-refractivity contribution in [2.45, 2.75) is 30.3 Å². The molecule has 0 aromatic heterocycles. The first-order valence-corrected chi connectivity index (χ1v) is 8.60. The fourth-order valence-corrected chi connectivity index (χ4v) is 4.93. The van der Waals surface area contributed by atoms with Crippen LogP contribution in [0.3, 0.4) is 0 Å². The van der Waals surface area contributed by atoms with Gasteiger partial charge in [-0.3, -0.25) is 4.79 Å². The molecular formula is C18H17IO2. The topological polar surface area (TPSA) is 26.3 Å². The Morgan fingerprint density at radius 3 is 2.57 bits per heavy atom. The molecule has 4 rings (SSSR count). The third-order valence-electron chi connectivity index (χ3n) is 5.13. The van der Waals surface area contributed by atoms with Crippen molar-refractivity contribution < 1.29 is 9.53 Å². The van der Waals surface area contributed by atoms with Crippen molar-refractivity contribution in [3.8, 4) is 0 Å². The summed E-state index contributed by atoms with van der Waals surface area (Å²) in [4.78, 5) is 12.2. The van der Waals surface area contributed by atoms with Crippen molar-refractivity contribution in [3.63, 3.8) is 0 Å². The average molecular weight is 392 g/mol. The van der Waals surface area contributed by atoms with Crippen LogP contribution in [0, 0.1) is 11.3 Å². The molecule has 2 aromatic carbocycles. The van der Waals surface area contributed by atoms with Crippen molar-refractivity contribution in [2.75, 3.05) is 0 Å². The molecule has 0 unspecified atom stereocenters. The molecule has 1 aliphatic heterocycles. The molecule has 1 heterocycles. The van der Waals surface area contributed by atoms with E-state index in [1.54, 1.807) is 0 Å². The average Bonchev–Trinajstić information content (AvgIpc) is 2.69. The molecule has 1 fully saturated rings. The van der Waals surface area contributed by atoms with Crippen LogP contribution < -0.4 is 0 Å². The van der Waals surface area contributed by atoms with Gasteiger partial charge in [-0.1, -0.05) is 52.9 Å². The summed E-state index contributed by atoms with van der Waals surface area (Å²) >= 11 is 2.45. The first-order valence-electron chi connectivity index (χ1n) is 7.35. The van der Waals surface area contributed by atoms with Crippen LogP contribution in [0.1, 0.15) is 28.9 Å². The normalized spacial score (nSPS) is 29.9. The highest BCUT2D eigenvalue weighted by Crippen LogP contribution is 2.52. The molecule has 0 saturated carbocycles. The number of rotatable bonds is 0. The number of carbonyl (C=O) groups excluding carboxylic acids is 1. The van der Waals surface area contributed by atoms with E-state index in [0.29, 0.717) is 0 Å². The van der Waals surface area contributed by atoms with E-state index in [1.807, 2.05) is 13.8 Å². The minimum absolute atomic E-state index is 0.0155. The van der Waals surface area contributed by atoms with Gasteiger partial charge in [-0.05, 0) is 48.2 Å². The molecule has 0 bridgehead atoms. The summed E-state index contributed by atoms with van der Waals surface area (Å²) in [5.74, 6) is 0.233. The van der Waals surface area contributed by atoms with Gasteiger partial charge in [0.05, 0.1) is 9.34 Å². The molecule has 3 heteroatoms. The van der Waals surface area contributed by atoms with E-state index >= 15 is 0 Å². The SMILES string of the molecule is CC1(C)C(=O)O[C@@H]2[C@@H](I)c3cc4ccccc4cc3C[C@@H]21. The quantitative estimate of drug-likeness (QED) is 0.377. The maximum atomic E-state index is 12.2. The van der Waals surface area contributed by atoms with Gasteiger partial charge in [0, 0.05) is 5.92 Å². The molecule has 2 aromatic rings. The van der Waals surface area contributed by atoms with Crippen molar-refractivity contribution in [2.24, 2.45) is 11.3 Å². The van der Waals surface area contributed by atoms with Gasteiger partial charge in [-0.15, -0.1) is 0 Å². The molecule has 2 aliphatic rings. The number of esters is 1. The molecule has 21 heavy (non-hydrogen) atoms. The minimum Gasteiger partial charge on any atom is -0.460 e. The third-order valence-corrected chi connectivity index (χ3v) is 6.51. The number of benzene rings is 2. The smallest absolute Gasteiger partial charge is 0.312 e. The monoisotopic (exact) mass is 392 g/mol. The van der Waals surface area contributed by atoms with Crippen LogP contribution in [0.25, 0.3) is 10.8 Å². The van der Waals surface area contributed by atoms with Crippen LogP contribution in [-0.2, 0) is 16.0 Å². The van der Waals surface area contributed by atoms with Gasteiger partial charge >= 0.3 is 5.97 Å². The number of hydrogen-bond acceptors (Lipinski definition) is 2. The predicted molar refractivity (Wildman–Crippen MR) is 91.6 cm³/mol. The molecule has 0 spiro atoms. The first-order chi connectivity index (χ1) is 9.98. The number of halogens is 1. The Kier molecular flexibility index (Phi) is 2.87. The van der Waals surface area contributed by atoms with E-state index in [9.17, 15) is 4.79 Å². The Labute approximate surface area is 138 Å². The molecule has 0 radical (unpaired) electrons. The number of fused-ring (bicyclic) bond motifs is 3. The number of hydrogen-bond donors (Lipinski definition) is 0. The van der Waals surface area contributed by atoms with Crippen molar-refractivity contribution in [1.29, 1.82) is 0 Å². The first kappa shape index (κ1) is 13.6. The van der Waals surface area contributed by atoms with Gasteiger partial charge in [0.2, 0.25) is 0 Å². The summed E-state index contributed by atoms with van der Waals surface area (Å²) in [6.45, 7) is 4.05. The van der Waals surface area contributed by atoms with E-state index in [0.717, 1.165) is 6.42 Å². The Morgan fingerprint density at radius 2 is 1.86 bits per heavy atom. The highest BCUT2D eigenvalue weighted by Gasteiger charge is 2.55. The summed E-state index contributed by atoms with van der Waals surface area (Å²) in [6.07, 6.45) is 0.949. The van der Waals surface area contributed by atoms with Gasteiger partial charge < -0.3 is 4.74 Å². The number of alkyl halides is 1. The second-order valence-electron chi connectivity index (χ2n) is 6.70. The maximum absolute atomic E-state index is 12.2. The van der Waals surface area contributed by atoms with Crippen LogP contribution in [0.4, 0.5) is 0 Å². The zero-order valence-electron chi connectivity index (χ0n) is 12.1. The van der Waals surface area contributed by atoms with Gasteiger partial charge in [0.25, 0.3) is 0 Å². The summed E-state index contributed by atoms with van der Waals surface area (Å²) in [6, 6.07) is 13.0. The molecule has 0 N–H and O–H groups in total. The third kappa shape index (κ3) is 1.86. The molecule has 3 atom stereocenters. The van der Waals surface area contributed by atoms with E-state index in [1.165, 1.54) is 21.9 Å². The lowest BCUT2D eigenvalue weighted by molar-refractivity contribution is -0.147. The molecule has 2 nitrogen and oxygen atoms in total. The van der Waals surface area contributed by atoms with Crippen LogP contribution in [0.5, 0.6) is 0 Å².